The van der Waals surface area contributed by atoms with Gasteiger partial charge in [-0.3, -0.25) is 0 Å². The lowest BCUT2D eigenvalue weighted by Gasteiger charge is -2.34. The Hall–Kier alpha value is -0.340. The summed E-state index contributed by atoms with van der Waals surface area (Å²) in [5.74, 6) is 0.483. The average Bonchev–Trinajstić information content (AvgIpc) is 2.72. The van der Waals surface area contributed by atoms with Gasteiger partial charge in [0.05, 0.1) is 11.2 Å². The Balaban J connectivity index is 2.12. The maximum atomic E-state index is 6.34. The maximum Gasteiger partial charge on any atom is 0.110 e. The molecule has 2 bridgehead atoms. The Morgan fingerprint density at radius 2 is 2.18 bits per heavy atom. The van der Waals surface area contributed by atoms with Gasteiger partial charge in [0.25, 0.3) is 0 Å². The fourth-order valence-corrected chi connectivity index (χ4v) is 3.35. The van der Waals surface area contributed by atoms with Gasteiger partial charge >= 0.3 is 0 Å². The molecule has 0 aromatic carbocycles. The molecule has 0 unspecified atom stereocenters. The third-order valence-electron chi connectivity index (χ3n) is 4.54. The molecule has 3 atom stereocenters. The molecule has 17 heavy (non-hydrogen) atoms. The van der Waals surface area contributed by atoms with Crippen molar-refractivity contribution in [3.8, 4) is 0 Å². The smallest absolute Gasteiger partial charge is 0.110 e. The van der Waals surface area contributed by atoms with E-state index in [2.05, 4.69) is 34.3 Å². The van der Waals surface area contributed by atoms with Crippen molar-refractivity contribution >= 4 is 0 Å². The lowest BCUT2D eigenvalue weighted by molar-refractivity contribution is -0.0930. The second-order valence-corrected chi connectivity index (χ2v) is 6.09. The van der Waals surface area contributed by atoms with E-state index in [0.29, 0.717) is 5.92 Å². The van der Waals surface area contributed by atoms with Crippen LogP contribution in [0, 0.1) is 5.92 Å². The molecular weight excluding hydrogens is 212 g/mol. The Bertz CT molecular complexity index is 310. The molecule has 2 fully saturated rings. The monoisotopic (exact) mass is 238 g/mol. The van der Waals surface area contributed by atoms with Crippen LogP contribution in [0.2, 0.25) is 0 Å². The summed E-state index contributed by atoms with van der Waals surface area (Å²) in [6.07, 6.45) is 4.60. The van der Waals surface area contributed by atoms with E-state index in [1.54, 1.807) is 0 Å². The molecule has 0 saturated carbocycles. The minimum Gasteiger partial charge on any atom is -0.371 e. The summed E-state index contributed by atoms with van der Waals surface area (Å²) in [6.45, 7) is 13.9. The van der Waals surface area contributed by atoms with Gasteiger partial charge in [-0.2, -0.15) is 0 Å². The van der Waals surface area contributed by atoms with E-state index in [0.717, 1.165) is 25.9 Å². The number of ether oxygens (including phenoxy) is 2. The Morgan fingerprint density at radius 3 is 2.71 bits per heavy atom. The van der Waals surface area contributed by atoms with Gasteiger partial charge in [-0.1, -0.05) is 33.8 Å². The van der Waals surface area contributed by atoms with Gasteiger partial charge in [0.1, 0.15) is 6.10 Å². The van der Waals surface area contributed by atoms with Crippen LogP contribution in [0.3, 0.4) is 0 Å². The second-order valence-electron chi connectivity index (χ2n) is 6.09. The van der Waals surface area contributed by atoms with Crippen LogP contribution in [0.1, 0.15) is 53.4 Å². The van der Waals surface area contributed by atoms with Crippen molar-refractivity contribution in [3.05, 3.63) is 12.2 Å². The van der Waals surface area contributed by atoms with Crippen LogP contribution in [-0.4, -0.2) is 23.9 Å². The molecule has 0 N–H and O–H groups in total. The van der Waals surface area contributed by atoms with E-state index in [-0.39, 0.29) is 17.3 Å². The Kier molecular flexibility index (Phi) is 3.39. The predicted octanol–water partition coefficient (Wildman–Crippen LogP) is 3.71. The minimum atomic E-state index is -0.130. The Morgan fingerprint density at radius 1 is 1.47 bits per heavy atom. The summed E-state index contributed by atoms with van der Waals surface area (Å²) in [6, 6.07) is 0. The fraction of sp³-hybridized carbons (Fsp3) is 0.867. The zero-order valence-corrected chi connectivity index (χ0v) is 11.7. The molecule has 0 aliphatic carbocycles. The largest absolute Gasteiger partial charge is 0.371 e. The summed E-state index contributed by atoms with van der Waals surface area (Å²) >= 11 is 0. The van der Waals surface area contributed by atoms with Gasteiger partial charge in [0.15, 0.2) is 0 Å². The minimum absolute atomic E-state index is 0.102. The van der Waals surface area contributed by atoms with E-state index in [4.69, 9.17) is 9.47 Å². The maximum absolute atomic E-state index is 6.34. The summed E-state index contributed by atoms with van der Waals surface area (Å²) in [7, 11) is 0. The van der Waals surface area contributed by atoms with Crippen molar-refractivity contribution < 1.29 is 9.47 Å². The standard InChI is InChI=1S/C15H26O2/c1-6-7-10-16-13-12(4)15(11(2)3)9-8-14(13,5)17-15/h11,13H,4,6-10H2,1-3,5H3/t13-,14+,15+/m1/s1. The molecule has 0 aromatic heterocycles. The SMILES string of the molecule is C=C1[C@@H](OCCCC)[C@]2(C)CC[C@@]1(C(C)C)O2. The van der Waals surface area contributed by atoms with Crippen LogP contribution >= 0.6 is 0 Å². The highest BCUT2D eigenvalue weighted by molar-refractivity contribution is 5.33. The van der Waals surface area contributed by atoms with Crippen molar-refractivity contribution in [2.75, 3.05) is 6.61 Å². The first-order valence-electron chi connectivity index (χ1n) is 6.97. The average molecular weight is 238 g/mol. The molecule has 0 spiro atoms. The van der Waals surface area contributed by atoms with Gasteiger partial charge in [0, 0.05) is 6.61 Å². The zero-order valence-electron chi connectivity index (χ0n) is 11.7. The highest BCUT2D eigenvalue weighted by Gasteiger charge is 2.63. The molecule has 2 aliphatic heterocycles. The molecule has 2 heteroatoms. The topological polar surface area (TPSA) is 18.5 Å². The summed E-state index contributed by atoms with van der Waals surface area (Å²) < 4.78 is 12.4. The Labute approximate surface area is 105 Å². The zero-order chi connectivity index (χ0) is 12.7. The molecule has 2 heterocycles. The van der Waals surface area contributed by atoms with Crippen molar-refractivity contribution in [1.29, 1.82) is 0 Å². The van der Waals surface area contributed by atoms with Gasteiger partial charge in [-0.15, -0.1) is 0 Å². The van der Waals surface area contributed by atoms with Crippen LogP contribution in [-0.2, 0) is 9.47 Å². The molecular formula is C15H26O2. The summed E-state index contributed by atoms with van der Waals surface area (Å²) in [5, 5.41) is 0. The number of hydrogen-bond donors (Lipinski definition) is 0. The normalized spacial score (nSPS) is 40.5. The second kappa shape index (κ2) is 4.40. The predicted molar refractivity (Wildman–Crippen MR) is 70.1 cm³/mol. The van der Waals surface area contributed by atoms with Crippen LogP contribution in [0.5, 0.6) is 0 Å². The first-order chi connectivity index (χ1) is 7.96. The molecule has 0 radical (unpaired) electrons. The quantitative estimate of drug-likeness (QED) is 0.537. The molecule has 2 aliphatic rings. The highest BCUT2D eigenvalue weighted by atomic mass is 16.6. The molecule has 2 nitrogen and oxygen atoms in total. The molecule has 2 rings (SSSR count). The fourth-order valence-electron chi connectivity index (χ4n) is 3.35. The van der Waals surface area contributed by atoms with E-state index in [1.165, 1.54) is 12.0 Å². The number of hydrogen-bond acceptors (Lipinski definition) is 2. The molecule has 0 amide bonds. The van der Waals surface area contributed by atoms with E-state index in [1.807, 2.05) is 0 Å². The van der Waals surface area contributed by atoms with Crippen molar-refractivity contribution in [2.45, 2.75) is 70.7 Å². The first kappa shape index (κ1) is 13.1. The first-order valence-corrected chi connectivity index (χ1v) is 6.97. The van der Waals surface area contributed by atoms with E-state index >= 15 is 0 Å². The van der Waals surface area contributed by atoms with Gasteiger partial charge in [-0.25, -0.2) is 0 Å². The highest BCUT2D eigenvalue weighted by Crippen LogP contribution is 2.57. The summed E-state index contributed by atoms with van der Waals surface area (Å²) in [4.78, 5) is 0. The molecule has 98 valence electrons. The van der Waals surface area contributed by atoms with Crippen molar-refractivity contribution in [1.82, 2.24) is 0 Å². The third kappa shape index (κ3) is 1.86. The van der Waals surface area contributed by atoms with Crippen LogP contribution < -0.4 is 0 Å². The van der Waals surface area contributed by atoms with Gasteiger partial charge in [-0.05, 0) is 37.7 Å². The number of unbranched alkanes of at least 4 members (excludes halogenated alkanes) is 1. The number of fused-ring (bicyclic) bond motifs is 2. The van der Waals surface area contributed by atoms with Crippen LogP contribution in [0.25, 0.3) is 0 Å². The van der Waals surface area contributed by atoms with E-state index in [9.17, 15) is 0 Å². The lowest BCUT2D eigenvalue weighted by atomic mass is 9.72. The summed E-state index contributed by atoms with van der Waals surface area (Å²) in [5.41, 5.74) is 0.929. The van der Waals surface area contributed by atoms with Gasteiger partial charge in [0.2, 0.25) is 0 Å². The van der Waals surface area contributed by atoms with Crippen molar-refractivity contribution in [2.24, 2.45) is 5.92 Å². The molecule has 2 saturated heterocycles. The van der Waals surface area contributed by atoms with E-state index < -0.39 is 0 Å². The van der Waals surface area contributed by atoms with Crippen LogP contribution in [0.15, 0.2) is 12.2 Å². The third-order valence-corrected chi connectivity index (χ3v) is 4.54. The van der Waals surface area contributed by atoms with Crippen molar-refractivity contribution in [3.63, 3.8) is 0 Å². The lowest BCUT2D eigenvalue weighted by Crippen LogP contribution is -2.40. The van der Waals surface area contributed by atoms with Gasteiger partial charge < -0.3 is 9.47 Å². The molecule has 0 aromatic rings. The van der Waals surface area contributed by atoms with Crippen LogP contribution in [0.4, 0.5) is 0 Å². The number of rotatable bonds is 5.